The molecule has 17 heavy (non-hydrogen) atoms. The van der Waals surface area contributed by atoms with Crippen molar-refractivity contribution >= 4 is 23.6 Å². The molecule has 1 amide bonds. The van der Waals surface area contributed by atoms with Crippen LogP contribution in [0, 0.1) is 0 Å². The second-order valence-corrected chi connectivity index (χ2v) is 4.24. The largest absolute Gasteiger partial charge is 0.467 e. The highest BCUT2D eigenvalue weighted by molar-refractivity contribution is 6.99. The summed E-state index contributed by atoms with van der Waals surface area (Å²) in [5.41, 5.74) is 0.179. The summed E-state index contributed by atoms with van der Waals surface area (Å²) in [6, 6.07) is -0.746. The first-order chi connectivity index (χ1) is 8.13. The fourth-order valence-corrected chi connectivity index (χ4v) is 2.21. The van der Waals surface area contributed by atoms with Gasteiger partial charge in [-0.1, -0.05) is 0 Å². The van der Waals surface area contributed by atoms with Crippen LogP contribution in [0.25, 0.3) is 0 Å². The van der Waals surface area contributed by atoms with E-state index in [0.29, 0.717) is 0 Å². The fraction of sp³-hybridized carbons (Fsp3) is 0.556. The van der Waals surface area contributed by atoms with E-state index < -0.39 is 24.0 Å². The van der Waals surface area contributed by atoms with Gasteiger partial charge >= 0.3 is 5.97 Å². The lowest BCUT2D eigenvalue weighted by Gasteiger charge is -2.20. The van der Waals surface area contributed by atoms with Crippen molar-refractivity contribution in [1.29, 1.82) is 0 Å². The summed E-state index contributed by atoms with van der Waals surface area (Å²) < 4.78 is 12.1. The molecule has 1 N–H and O–H groups in total. The highest BCUT2D eigenvalue weighted by Gasteiger charge is 2.40. The Kier molecular flexibility index (Phi) is 3.34. The number of rotatable bonds is 2. The molecular formula is C9H11N3O4S. The Morgan fingerprint density at radius 1 is 1.65 bits per heavy atom. The van der Waals surface area contributed by atoms with Crippen LogP contribution >= 0.6 is 11.7 Å². The molecule has 2 atom stereocenters. The molecule has 0 saturated carbocycles. The van der Waals surface area contributed by atoms with Crippen LogP contribution in [0.5, 0.6) is 0 Å². The van der Waals surface area contributed by atoms with E-state index in [-0.39, 0.29) is 18.7 Å². The second-order valence-electron chi connectivity index (χ2n) is 3.68. The Bertz CT molecular complexity index is 422. The lowest BCUT2D eigenvalue weighted by Crippen LogP contribution is -2.41. The van der Waals surface area contributed by atoms with Gasteiger partial charge in [0.05, 0.1) is 31.1 Å². The molecule has 1 aliphatic heterocycles. The number of hydrogen-bond donors (Lipinski definition) is 1. The van der Waals surface area contributed by atoms with E-state index in [1.165, 1.54) is 18.2 Å². The Balaban J connectivity index is 2.18. The summed E-state index contributed by atoms with van der Waals surface area (Å²) >= 11 is 0.917. The van der Waals surface area contributed by atoms with Crippen molar-refractivity contribution in [3.63, 3.8) is 0 Å². The fourth-order valence-electron chi connectivity index (χ4n) is 1.80. The van der Waals surface area contributed by atoms with Crippen LogP contribution < -0.4 is 0 Å². The van der Waals surface area contributed by atoms with Crippen molar-refractivity contribution in [2.24, 2.45) is 0 Å². The Hall–Kier alpha value is -1.54. The molecule has 0 radical (unpaired) electrons. The molecule has 2 unspecified atom stereocenters. The van der Waals surface area contributed by atoms with E-state index in [0.717, 1.165) is 11.7 Å². The van der Waals surface area contributed by atoms with E-state index >= 15 is 0 Å². The maximum absolute atomic E-state index is 12.0. The zero-order valence-electron chi connectivity index (χ0n) is 9.07. The number of aromatic nitrogens is 2. The molecule has 1 aliphatic rings. The van der Waals surface area contributed by atoms with Gasteiger partial charge in [-0.05, 0) is 0 Å². The second kappa shape index (κ2) is 4.76. The normalized spacial score (nSPS) is 23.8. The number of nitrogens with zero attached hydrogens (tertiary/aromatic N) is 3. The third kappa shape index (κ3) is 2.27. The maximum Gasteiger partial charge on any atom is 0.328 e. The molecule has 8 heteroatoms. The van der Waals surface area contributed by atoms with Crippen molar-refractivity contribution in [3.8, 4) is 0 Å². The quantitative estimate of drug-likeness (QED) is 0.703. The number of aliphatic hydroxyl groups excluding tert-OH is 1. The molecule has 92 valence electrons. The maximum atomic E-state index is 12.0. The number of methoxy groups -OCH3 is 1. The van der Waals surface area contributed by atoms with Gasteiger partial charge in [-0.25, -0.2) is 4.79 Å². The zero-order valence-corrected chi connectivity index (χ0v) is 9.88. The van der Waals surface area contributed by atoms with Crippen molar-refractivity contribution in [3.05, 3.63) is 11.9 Å². The molecule has 1 fully saturated rings. The van der Waals surface area contributed by atoms with Crippen LogP contribution in [0.2, 0.25) is 0 Å². The molecule has 1 aromatic rings. The van der Waals surface area contributed by atoms with E-state index in [1.54, 1.807) is 0 Å². The molecule has 2 heterocycles. The molecule has 0 aliphatic carbocycles. The zero-order chi connectivity index (χ0) is 12.4. The Morgan fingerprint density at radius 3 is 3.00 bits per heavy atom. The van der Waals surface area contributed by atoms with Gasteiger partial charge in [-0.15, -0.1) is 0 Å². The molecule has 7 nitrogen and oxygen atoms in total. The SMILES string of the molecule is COC(=O)C1CC(O)CN1C(=O)c1cnsn1. The van der Waals surface area contributed by atoms with Crippen molar-refractivity contribution < 1.29 is 19.4 Å². The van der Waals surface area contributed by atoms with Crippen LogP contribution in [0.3, 0.4) is 0 Å². The minimum absolute atomic E-state index is 0.107. The Morgan fingerprint density at radius 2 is 2.41 bits per heavy atom. The van der Waals surface area contributed by atoms with Crippen molar-refractivity contribution in [1.82, 2.24) is 13.6 Å². The van der Waals surface area contributed by atoms with Crippen LogP contribution in [-0.2, 0) is 9.53 Å². The summed E-state index contributed by atoms with van der Waals surface area (Å²) in [5.74, 6) is -0.941. The van der Waals surface area contributed by atoms with Gasteiger partial charge in [-0.2, -0.15) is 8.75 Å². The number of amides is 1. The number of esters is 1. The average molecular weight is 257 g/mol. The molecular weight excluding hydrogens is 246 g/mol. The highest BCUT2D eigenvalue weighted by atomic mass is 32.1. The molecule has 1 aromatic heterocycles. The number of β-amino-alcohol motifs (C(OH)–C–C–N with tert-alkyl or cyclic N) is 1. The number of hydrogen-bond acceptors (Lipinski definition) is 7. The topological polar surface area (TPSA) is 92.6 Å². The summed E-state index contributed by atoms with van der Waals surface area (Å²) in [5, 5.41) is 9.53. The standard InChI is InChI=1S/C9H11N3O4S/c1-16-9(15)7-2-5(13)4-12(7)8(14)6-3-10-17-11-6/h3,5,7,13H,2,4H2,1H3. The van der Waals surface area contributed by atoms with Crippen LogP contribution in [-0.4, -0.2) is 56.4 Å². The number of carbonyl (C=O) groups is 2. The van der Waals surface area contributed by atoms with Gasteiger partial charge < -0.3 is 14.7 Å². The first-order valence-corrected chi connectivity index (χ1v) is 5.71. The predicted octanol–water partition coefficient (Wildman–Crippen LogP) is -0.714. The minimum Gasteiger partial charge on any atom is -0.467 e. The third-order valence-electron chi connectivity index (χ3n) is 2.59. The molecule has 2 rings (SSSR count). The van der Waals surface area contributed by atoms with E-state index in [9.17, 15) is 14.7 Å². The van der Waals surface area contributed by atoms with E-state index in [2.05, 4.69) is 13.5 Å². The highest BCUT2D eigenvalue weighted by Crippen LogP contribution is 2.21. The molecule has 1 saturated heterocycles. The Labute approximate surface area is 101 Å². The lowest BCUT2D eigenvalue weighted by molar-refractivity contribution is -0.145. The van der Waals surface area contributed by atoms with Crippen molar-refractivity contribution in [2.45, 2.75) is 18.6 Å². The van der Waals surface area contributed by atoms with Crippen LogP contribution in [0.4, 0.5) is 0 Å². The monoisotopic (exact) mass is 257 g/mol. The lowest BCUT2D eigenvalue weighted by atomic mass is 10.2. The molecule has 0 aromatic carbocycles. The van der Waals surface area contributed by atoms with Gasteiger partial charge in [0, 0.05) is 13.0 Å². The van der Waals surface area contributed by atoms with Crippen LogP contribution in [0.15, 0.2) is 6.20 Å². The van der Waals surface area contributed by atoms with Gasteiger partial charge in [0.25, 0.3) is 5.91 Å². The smallest absolute Gasteiger partial charge is 0.328 e. The van der Waals surface area contributed by atoms with Crippen molar-refractivity contribution in [2.75, 3.05) is 13.7 Å². The molecule has 0 bridgehead atoms. The number of carbonyl (C=O) groups excluding carboxylic acids is 2. The summed E-state index contributed by atoms with van der Waals surface area (Å²) in [6.45, 7) is 0.107. The first-order valence-electron chi connectivity index (χ1n) is 4.98. The first kappa shape index (κ1) is 11.9. The number of ether oxygens (including phenoxy) is 1. The minimum atomic E-state index is -0.746. The van der Waals surface area contributed by atoms with Gasteiger partial charge in [-0.3, -0.25) is 4.79 Å². The number of aliphatic hydroxyl groups is 1. The average Bonchev–Trinajstić information content (AvgIpc) is 2.95. The van der Waals surface area contributed by atoms with E-state index in [4.69, 9.17) is 0 Å². The van der Waals surface area contributed by atoms with E-state index in [1.807, 2.05) is 0 Å². The summed E-state index contributed by atoms with van der Waals surface area (Å²) in [4.78, 5) is 24.8. The van der Waals surface area contributed by atoms with Crippen LogP contribution in [0.1, 0.15) is 16.9 Å². The van der Waals surface area contributed by atoms with Gasteiger partial charge in [0.1, 0.15) is 6.04 Å². The van der Waals surface area contributed by atoms with Gasteiger partial charge in [0.2, 0.25) is 0 Å². The summed E-state index contributed by atoms with van der Waals surface area (Å²) in [6.07, 6.45) is 0.816. The van der Waals surface area contributed by atoms with Gasteiger partial charge in [0.15, 0.2) is 5.69 Å². The third-order valence-corrected chi connectivity index (χ3v) is 3.07. The number of likely N-dealkylation sites (tertiary alicyclic amines) is 1. The molecule has 0 spiro atoms. The summed E-state index contributed by atoms with van der Waals surface area (Å²) in [7, 11) is 1.25. The predicted molar refractivity (Wildman–Crippen MR) is 57.4 cm³/mol.